The van der Waals surface area contributed by atoms with Crippen molar-refractivity contribution in [1.29, 1.82) is 0 Å². The quantitative estimate of drug-likeness (QED) is 0.502. The van der Waals surface area contributed by atoms with Gasteiger partial charge in [0.05, 0.1) is 50.9 Å². The minimum atomic E-state index is -0.397. The van der Waals surface area contributed by atoms with Gasteiger partial charge in [-0.05, 0) is 29.8 Å². The number of esters is 1. The molecule has 0 radical (unpaired) electrons. The summed E-state index contributed by atoms with van der Waals surface area (Å²) in [5, 5.41) is 5.39. The van der Waals surface area contributed by atoms with Gasteiger partial charge in [0.15, 0.2) is 0 Å². The lowest BCUT2D eigenvalue weighted by Gasteiger charge is -2.06. The monoisotopic (exact) mass is 352 g/mol. The number of carbonyl (C=O) groups is 1. The molecule has 0 fully saturated rings. The summed E-state index contributed by atoms with van der Waals surface area (Å²) in [5.74, 6) is 0.405. The first-order valence-corrected chi connectivity index (χ1v) is 8.08. The third kappa shape index (κ3) is 3.39. The van der Waals surface area contributed by atoms with Crippen molar-refractivity contribution in [2.75, 3.05) is 21.3 Å². The Hall–Kier alpha value is -3.28. The molecule has 0 saturated heterocycles. The first kappa shape index (κ1) is 17.5. The Labute approximate surface area is 151 Å². The van der Waals surface area contributed by atoms with Crippen molar-refractivity contribution in [3.63, 3.8) is 0 Å². The van der Waals surface area contributed by atoms with E-state index in [1.54, 1.807) is 26.4 Å². The van der Waals surface area contributed by atoms with Crippen LogP contribution in [0.4, 0.5) is 0 Å². The van der Waals surface area contributed by atoms with Crippen LogP contribution in [0, 0.1) is 0 Å². The zero-order chi connectivity index (χ0) is 18.5. The van der Waals surface area contributed by atoms with Crippen molar-refractivity contribution in [3.8, 4) is 5.75 Å². The van der Waals surface area contributed by atoms with E-state index in [1.165, 1.54) is 13.4 Å². The number of rotatable bonds is 6. The Morgan fingerprint density at radius 2 is 1.88 bits per heavy atom. The fraction of sp³-hybridized carbons (Fsp3) is 0.200. The van der Waals surface area contributed by atoms with E-state index in [0.29, 0.717) is 17.8 Å². The normalized spacial score (nSPS) is 11.0. The maximum absolute atomic E-state index is 12.2. The molecular weight excluding hydrogens is 332 g/mol. The average molecular weight is 352 g/mol. The number of methoxy groups -OCH3 is 3. The number of nitrogens with zero attached hydrogens (tertiary/aromatic N) is 2. The first-order valence-electron chi connectivity index (χ1n) is 8.08. The third-order valence-corrected chi connectivity index (χ3v) is 4.06. The van der Waals surface area contributed by atoms with Gasteiger partial charge in [0.2, 0.25) is 0 Å². The molecule has 0 spiro atoms. The van der Waals surface area contributed by atoms with E-state index in [1.807, 2.05) is 41.1 Å². The standard InChI is InChI=1S/C20H20N2O4/c1-24-12-11-17-19-16(20(23)26-3)5-4-6-18(19)22(21-17)13-14-7-9-15(25-2)10-8-14/h4-12H,13H2,1-3H3/b12-11+. The van der Waals surface area contributed by atoms with Gasteiger partial charge < -0.3 is 14.2 Å². The summed E-state index contributed by atoms with van der Waals surface area (Å²) < 4.78 is 17.0. The molecule has 0 N–H and O–H groups in total. The van der Waals surface area contributed by atoms with E-state index in [9.17, 15) is 4.79 Å². The van der Waals surface area contributed by atoms with Crippen LogP contribution in [0.3, 0.4) is 0 Å². The van der Waals surface area contributed by atoms with Crippen LogP contribution >= 0.6 is 0 Å². The van der Waals surface area contributed by atoms with Crippen LogP contribution < -0.4 is 4.74 Å². The number of benzene rings is 2. The second kappa shape index (κ2) is 7.74. The zero-order valence-electron chi connectivity index (χ0n) is 14.9. The van der Waals surface area contributed by atoms with E-state index < -0.39 is 5.97 Å². The second-order valence-electron chi connectivity index (χ2n) is 5.62. The van der Waals surface area contributed by atoms with E-state index in [-0.39, 0.29) is 0 Å². The zero-order valence-corrected chi connectivity index (χ0v) is 14.9. The second-order valence-corrected chi connectivity index (χ2v) is 5.62. The third-order valence-electron chi connectivity index (χ3n) is 4.06. The van der Waals surface area contributed by atoms with Gasteiger partial charge >= 0.3 is 5.97 Å². The van der Waals surface area contributed by atoms with Crippen LogP contribution in [0.1, 0.15) is 21.6 Å². The molecule has 2 aromatic carbocycles. The van der Waals surface area contributed by atoms with Gasteiger partial charge in [-0.25, -0.2) is 4.79 Å². The fourth-order valence-corrected chi connectivity index (χ4v) is 2.81. The van der Waals surface area contributed by atoms with Crippen molar-refractivity contribution < 1.29 is 19.0 Å². The van der Waals surface area contributed by atoms with Crippen molar-refractivity contribution in [2.24, 2.45) is 0 Å². The van der Waals surface area contributed by atoms with Crippen molar-refractivity contribution >= 4 is 22.9 Å². The molecule has 134 valence electrons. The minimum absolute atomic E-state index is 0.397. The molecule has 6 heteroatoms. The Balaban J connectivity index is 2.10. The number of ether oxygens (including phenoxy) is 3. The van der Waals surface area contributed by atoms with Gasteiger partial charge in [-0.2, -0.15) is 5.10 Å². The average Bonchev–Trinajstić information content (AvgIpc) is 3.04. The van der Waals surface area contributed by atoms with E-state index in [4.69, 9.17) is 14.2 Å². The molecule has 1 aromatic heterocycles. The highest BCUT2D eigenvalue weighted by atomic mass is 16.5. The van der Waals surface area contributed by atoms with Gasteiger partial charge in [0, 0.05) is 11.5 Å². The highest BCUT2D eigenvalue weighted by Crippen LogP contribution is 2.26. The molecular formula is C20H20N2O4. The Morgan fingerprint density at radius 1 is 1.12 bits per heavy atom. The maximum atomic E-state index is 12.2. The summed E-state index contributed by atoms with van der Waals surface area (Å²) in [6.07, 6.45) is 3.27. The number of hydrogen-bond acceptors (Lipinski definition) is 5. The van der Waals surface area contributed by atoms with E-state index in [2.05, 4.69) is 5.10 Å². The van der Waals surface area contributed by atoms with Crippen LogP contribution in [0.25, 0.3) is 17.0 Å². The molecule has 0 aliphatic rings. The molecule has 26 heavy (non-hydrogen) atoms. The molecule has 0 saturated carbocycles. The summed E-state index contributed by atoms with van der Waals surface area (Å²) in [5.41, 5.74) is 3.04. The molecule has 0 bridgehead atoms. The van der Waals surface area contributed by atoms with E-state index in [0.717, 1.165) is 22.2 Å². The molecule has 0 amide bonds. The van der Waals surface area contributed by atoms with E-state index >= 15 is 0 Å². The van der Waals surface area contributed by atoms with Crippen LogP contribution in [-0.4, -0.2) is 37.1 Å². The molecule has 3 rings (SSSR count). The van der Waals surface area contributed by atoms with Crippen molar-refractivity contribution in [3.05, 3.63) is 65.5 Å². The number of fused-ring (bicyclic) bond motifs is 1. The summed E-state index contributed by atoms with van der Waals surface area (Å²) in [6, 6.07) is 13.3. The molecule has 0 aliphatic carbocycles. The Kier molecular flexibility index (Phi) is 5.22. The SMILES string of the molecule is CO/C=C/c1nn(Cc2ccc(OC)cc2)c2cccc(C(=O)OC)c12. The molecule has 6 nitrogen and oxygen atoms in total. The van der Waals surface area contributed by atoms with Gasteiger partial charge in [-0.1, -0.05) is 18.2 Å². The molecule has 3 aromatic rings. The predicted octanol–water partition coefficient (Wildman–Crippen LogP) is 3.50. The van der Waals surface area contributed by atoms with Gasteiger partial charge in [-0.3, -0.25) is 4.68 Å². The smallest absolute Gasteiger partial charge is 0.338 e. The number of carbonyl (C=O) groups excluding carboxylic acids is 1. The predicted molar refractivity (Wildman–Crippen MR) is 99.2 cm³/mol. The fourth-order valence-electron chi connectivity index (χ4n) is 2.81. The van der Waals surface area contributed by atoms with Crippen LogP contribution in [-0.2, 0) is 16.0 Å². The molecule has 1 heterocycles. The summed E-state index contributed by atoms with van der Waals surface area (Å²) in [7, 11) is 4.57. The first-order chi connectivity index (χ1) is 12.7. The van der Waals surface area contributed by atoms with Gasteiger partial charge in [-0.15, -0.1) is 0 Å². The number of hydrogen-bond donors (Lipinski definition) is 0. The summed E-state index contributed by atoms with van der Waals surface area (Å²) in [4.78, 5) is 12.2. The van der Waals surface area contributed by atoms with Gasteiger partial charge in [0.1, 0.15) is 5.75 Å². The van der Waals surface area contributed by atoms with Crippen molar-refractivity contribution in [1.82, 2.24) is 9.78 Å². The van der Waals surface area contributed by atoms with Gasteiger partial charge in [0.25, 0.3) is 0 Å². The maximum Gasteiger partial charge on any atom is 0.338 e. The Morgan fingerprint density at radius 3 is 2.54 bits per heavy atom. The minimum Gasteiger partial charge on any atom is -0.504 e. The van der Waals surface area contributed by atoms with Crippen LogP contribution in [0.2, 0.25) is 0 Å². The summed E-state index contributed by atoms with van der Waals surface area (Å²) >= 11 is 0. The van der Waals surface area contributed by atoms with Crippen LogP contribution in [0.5, 0.6) is 5.75 Å². The lowest BCUT2D eigenvalue weighted by Crippen LogP contribution is -2.03. The lowest BCUT2D eigenvalue weighted by atomic mass is 10.1. The lowest BCUT2D eigenvalue weighted by molar-refractivity contribution is 0.0603. The highest BCUT2D eigenvalue weighted by Gasteiger charge is 2.17. The number of aromatic nitrogens is 2. The topological polar surface area (TPSA) is 62.6 Å². The van der Waals surface area contributed by atoms with Crippen molar-refractivity contribution in [2.45, 2.75) is 6.54 Å². The highest BCUT2D eigenvalue weighted by molar-refractivity contribution is 6.06. The Bertz CT molecular complexity index is 942. The molecule has 0 unspecified atom stereocenters. The summed E-state index contributed by atoms with van der Waals surface area (Å²) in [6.45, 7) is 0.561. The molecule has 0 atom stereocenters. The van der Waals surface area contributed by atoms with Crippen LogP contribution in [0.15, 0.2) is 48.7 Å². The molecule has 0 aliphatic heterocycles. The largest absolute Gasteiger partial charge is 0.504 e.